The Bertz CT molecular complexity index is 1180. The molecule has 0 radical (unpaired) electrons. The van der Waals surface area contributed by atoms with E-state index in [-0.39, 0.29) is 28.6 Å². The number of methoxy groups -OCH3 is 3. The Kier molecular flexibility index (Phi) is 12.2. The number of sulfone groups is 1. The molecule has 0 spiro atoms. The molecule has 0 bridgehead atoms. The summed E-state index contributed by atoms with van der Waals surface area (Å²) in [6, 6.07) is 7.37. The third-order valence-electron chi connectivity index (χ3n) is 6.71. The van der Waals surface area contributed by atoms with Crippen LogP contribution in [0.4, 0.5) is 0 Å². The van der Waals surface area contributed by atoms with Gasteiger partial charge in [0, 0.05) is 6.54 Å². The topological polar surface area (TPSA) is 102 Å². The third kappa shape index (κ3) is 7.73. The predicted molar refractivity (Wildman–Crippen MR) is 155 cm³/mol. The van der Waals surface area contributed by atoms with Crippen molar-refractivity contribution < 1.29 is 36.8 Å². The summed E-state index contributed by atoms with van der Waals surface area (Å²) in [5, 5.41) is 3.19. The molecule has 1 N–H and O–H groups in total. The minimum absolute atomic E-state index is 0.0360. The van der Waals surface area contributed by atoms with Crippen molar-refractivity contribution in [2.45, 2.75) is 70.0 Å². The van der Waals surface area contributed by atoms with Crippen molar-refractivity contribution in [3.8, 4) is 28.7 Å². The average molecular weight is 580 g/mol. The molecule has 3 rings (SSSR count). The highest BCUT2D eigenvalue weighted by Gasteiger charge is 2.33. The largest absolute Gasteiger partial charge is 0.493 e. The molecule has 0 aliphatic carbocycles. The molecule has 0 amide bonds. The molecular weight excluding hydrogens is 534 g/mol. The Morgan fingerprint density at radius 3 is 1.88 bits per heavy atom. The van der Waals surface area contributed by atoms with Gasteiger partial charge in [0.1, 0.15) is 4.90 Å². The predicted octanol–water partition coefficient (Wildman–Crippen LogP) is 5.66. The second-order valence-electron chi connectivity index (χ2n) is 9.76. The summed E-state index contributed by atoms with van der Waals surface area (Å²) in [5.74, 6) is 2.32. The monoisotopic (exact) mass is 579 g/mol. The van der Waals surface area contributed by atoms with E-state index in [1.54, 1.807) is 27.4 Å². The van der Waals surface area contributed by atoms with Gasteiger partial charge in [-0.1, -0.05) is 20.8 Å². The number of ether oxygens (including phenoxy) is 6. The molecule has 10 heteroatoms. The van der Waals surface area contributed by atoms with E-state index < -0.39 is 9.84 Å². The first-order chi connectivity index (χ1) is 19.3. The van der Waals surface area contributed by atoms with Crippen molar-refractivity contribution in [3.05, 3.63) is 35.4 Å². The van der Waals surface area contributed by atoms with Crippen LogP contribution in [0.25, 0.3) is 0 Å². The van der Waals surface area contributed by atoms with Gasteiger partial charge in [0.2, 0.25) is 5.75 Å². The van der Waals surface area contributed by atoms with Crippen molar-refractivity contribution in [2.75, 3.05) is 53.4 Å². The van der Waals surface area contributed by atoms with Crippen LogP contribution in [-0.4, -0.2) is 61.8 Å². The van der Waals surface area contributed by atoms with Crippen LogP contribution < -0.4 is 29.0 Å². The molecule has 2 atom stereocenters. The van der Waals surface area contributed by atoms with Crippen molar-refractivity contribution in [3.63, 3.8) is 0 Å². The Balaban J connectivity index is 1.99. The lowest BCUT2D eigenvalue weighted by Gasteiger charge is -2.21. The first kappa shape index (κ1) is 31.8. The second-order valence-corrected chi connectivity index (χ2v) is 11.8. The molecule has 40 heavy (non-hydrogen) atoms. The first-order valence-electron chi connectivity index (χ1n) is 14.2. The van der Waals surface area contributed by atoms with E-state index >= 15 is 0 Å². The number of hydrogen-bond acceptors (Lipinski definition) is 9. The van der Waals surface area contributed by atoms with Gasteiger partial charge in [0.25, 0.3) is 0 Å². The van der Waals surface area contributed by atoms with Crippen LogP contribution in [0.1, 0.15) is 76.2 Å². The first-order valence-corrected chi connectivity index (χ1v) is 15.8. The zero-order valence-electron chi connectivity index (χ0n) is 24.7. The van der Waals surface area contributed by atoms with Gasteiger partial charge in [-0.15, -0.1) is 0 Å². The van der Waals surface area contributed by atoms with Crippen molar-refractivity contribution >= 4 is 9.84 Å². The van der Waals surface area contributed by atoms with E-state index in [1.807, 2.05) is 39.0 Å². The van der Waals surface area contributed by atoms with E-state index in [2.05, 4.69) is 5.32 Å². The fourth-order valence-electron chi connectivity index (χ4n) is 4.71. The smallest absolute Gasteiger partial charge is 0.203 e. The maximum atomic E-state index is 13.6. The zero-order chi connectivity index (χ0) is 29.1. The van der Waals surface area contributed by atoms with E-state index in [1.165, 1.54) is 0 Å². The maximum absolute atomic E-state index is 13.6. The Morgan fingerprint density at radius 2 is 1.32 bits per heavy atom. The molecule has 0 unspecified atom stereocenters. The summed E-state index contributed by atoms with van der Waals surface area (Å²) in [5.41, 5.74) is 1.65. The molecule has 1 aliphatic heterocycles. The van der Waals surface area contributed by atoms with Gasteiger partial charge in [0.05, 0.1) is 52.5 Å². The van der Waals surface area contributed by atoms with Gasteiger partial charge >= 0.3 is 0 Å². The number of rotatable bonds is 17. The van der Waals surface area contributed by atoms with Crippen LogP contribution in [0.5, 0.6) is 28.7 Å². The highest BCUT2D eigenvalue weighted by Crippen LogP contribution is 2.48. The molecule has 1 aliphatic rings. The molecule has 224 valence electrons. The number of benzene rings is 2. The van der Waals surface area contributed by atoms with Gasteiger partial charge in [-0.25, -0.2) is 8.42 Å². The van der Waals surface area contributed by atoms with Gasteiger partial charge in [-0.3, -0.25) is 0 Å². The Morgan fingerprint density at radius 1 is 0.750 bits per heavy atom. The number of nitrogens with one attached hydrogen (secondary N) is 1. The quantitative estimate of drug-likeness (QED) is 0.238. The van der Waals surface area contributed by atoms with Crippen molar-refractivity contribution in [2.24, 2.45) is 0 Å². The van der Waals surface area contributed by atoms with Crippen LogP contribution in [0, 0.1) is 0 Å². The highest BCUT2D eigenvalue weighted by molar-refractivity contribution is 7.91. The summed E-state index contributed by atoms with van der Waals surface area (Å²) in [4.78, 5) is 0.155. The molecule has 1 saturated heterocycles. The van der Waals surface area contributed by atoms with Crippen LogP contribution in [0.3, 0.4) is 0 Å². The average Bonchev–Trinajstić information content (AvgIpc) is 3.46. The summed E-state index contributed by atoms with van der Waals surface area (Å²) in [6.45, 7) is 8.01. The van der Waals surface area contributed by atoms with E-state index in [4.69, 9.17) is 28.4 Å². The number of hydrogen-bond donors (Lipinski definition) is 1. The molecule has 2 aromatic carbocycles. The summed E-state index contributed by atoms with van der Waals surface area (Å²) >= 11 is 0. The van der Waals surface area contributed by atoms with Crippen molar-refractivity contribution in [1.29, 1.82) is 0 Å². The second kappa shape index (κ2) is 15.3. The standard InChI is InChI=1S/C30H45NO8S/c1-7-12-31-13-16-40(32,33)28-20-22(19-27(37-14-8-2)30(28)38-15-9-3)24-11-10-23(39-24)21-17-25(34-4)29(36-6)26(18-21)35-5/h17-20,23-24,31H,7-16H2,1-6H3/t23-,24-/m0/s1. The van der Waals surface area contributed by atoms with Gasteiger partial charge < -0.3 is 33.7 Å². The lowest BCUT2D eigenvalue weighted by atomic mass is 10.0. The summed E-state index contributed by atoms with van der Waals surface area (Å²) in [7, 11) is 1.07. The molecule has 0 saturated carbocycles. The zero-order valence-corrected chi connectivity index (χ0v) is 25.5. The van der Waals surface area contributed by atoms with Crippen LogP contribution in [0.15, 0.2) is 29.2 Å². The van der Waals surface area contributed by atoms with Crippen molar-refractivity contribution in [1.82, 2.24) is 5.32 Å². The minimum atomic E-state index is -3.66. The molecule has 9 nitrogen and oxygen atoms in total. The lowest BCUT2D eigenvalue weighted by molar-refractivity contribution is 0.0435. The van der Waals surface area contributed by atoms with Gasteiger partial charge in [-0.05, 0) is 74.0 Å². The highest BCUT2D eigenvalue weighted by atomic mass is 32.2. The third-order valence-corrected chi connectivity index (χ3v) is 8.43. The maximum Gasteiger partial charge on any atom is 0.203 e. The normalized spacial score (nSPS) is 17.1. The Hall–Kier alpha value is -2.69. The minimum Gasteiger partial charge on any atom is -0.493 e. The molecule has 0 aromatic heterocycles. The lowest BCUT2D eigenvalue weighted by Crippen LogP contribution is -2.24. The van der Waals surface area contributed by atoms with E-state index in [0.717, 1.165) is 43.4 Å². The molecular formula is C30H45NO8S. The van der Waals surface area contributed by atoms with Gasteiger partial charge in [-0.2, -0.15) is 0 Å². The van der Waals surface area contributed by atoms with Crippen LogP contribution >= 0.6 is 0 Å². The summed E-state index contributed by atoms with van der Waals surface area (Å²) < 4.78 is 62.3. The van der Waals surface area contributed by atoms with E-state index in [0.29, 0.717) is 49.2 Å². The van der Waals surface area contributed by atoms with E-state index in [9.17, 15) is 8.42 Å². The summed E-state index contributed by atoms with van der Waals surface area (Å²) in [6.07, 6.45) is 3.36. The molecule has 1 heterocycles. The molecule has 1 fully saturated rings. The SMILES string of the molecule is CCCNCCS(=O)(=O)c1cc([C@@H]2CC[C@@H](c3cc(OC)c(OC)c(OC)c3)O2)cc(OCCC)c1OCCC. The molecule has 2 aromatic rings. The van der Waals surface area contributed by atoms with Crippen LogP contribution in [-0.2, 0) is 14.6 Å². The van der Waals surface area contributed by atoms with Gasteiger partial charge in [0.15, 0.2) is 32.8 Å². The van der Waals surface area contributed by atoms with Crippen LogP contribution in [0.2, 0.25) is 0 Å². The fourth-order valence-corrected chi connectivity index (χ4v) is 6.10. The fraction of sp³-hybridized carbons (Fsp3) is 0.600. The Labute approximate surface area is 239 Å².